The van der Waals surface area contributed by atoms with Crippen molar-refractivity contribution < 1.29 is 5.11 Å². The Morgan fingerprint density at radius 2 is 2.00 bits per heavy atom. The molecule has 0 amide bonds. The van der Waals surface area contributed by atoms with Gasteiger partial charge in [-0.1, -0.05) is 12.1 Å². The molecule has 3 aromatic rings. The molecule has 1 aromatic carbocycles. The van der Waals surface area contributed by atoms with Gasteiger partial charge in [0.2, 0.25) is 0 Å². The van der Waals surface area contributed by atoms with Crippen LogP contribution >= 0.6 is 0 Å². The van der Waals surface area contributed by atoms with Crippen LogP contribution in [0.25, 0.3) is 11.2 Å². The van der Waals surface area contributed by atoms with Crippen molar-refractivity contribution in [3.8, 4) is 5.75 Å². The van der Waals surface area contributed by atoms with E-state index in [1.807, 2.05) is 19.2 Å². The average Bonchev–Trinajstić information content (AvgIpc) is 3.03. The number of aryl methyl sites for hydroxylation is 2. The van der Waals surface area contributed by atoms with Crippen molar-refractivity contribution in [2.45, 2.75) is 25.9 Å². The van der Waals surface area contributed by atoms with Crippen molar-refractivity contribution in [3.63, 3.8) is 0 Å². The zero-order chi connectivity index (χ0) is 19.7. The average molecular weight is 371 g/mol. The van der Waals surface area contributed by atoms with E-state index in [0.717, 1.165) is 5.56 Å². The van der Waals surface area contributed by atoms with Crippen LogP contribution in [-0.2, 0) is 20.6 Å². The predicted octanol–water partition coefficient (Wildman–Crippen LogP) is 1.22. The summed E-state index contributed by atoms with van der Waals surface area (Å²) in [5, 5.41) is 9.65. The molecule has 0 saturated heterocycles. The summed E-state index contributed by atoms with van der Waals surface area (Å²) in [6, 6.07) is 7.29. The molecule has 0 aliphatic heterocycles. The number of imidazole rings is 1. The largest absolute Gasteiger partial charge is 0.508 e. The molecule has 2 heterocycles. The molecular weight excluding hydrogens is 346 g/mol. The van der Waals surface area contributed by atoms with Crippen molar-refractivity contribution in [1.29, 1.82) is 0 Å². The maximum absolute atomic E-state index is 12.7. The van der Waals surface area contributed by atoms with Gasteiger partial charge in [-0.3, -0.25) is 18.8 Å². The third-order valence-electron chi connectivity index (χ3n) is 5.11. The molecule has 27 heavy (non-hydrogen) atoms. The maximum Gasteiger partial charge on any atom is 0.332 e. The Bertz CT molecular complexity index is 1080. The van der Waals surface area contributed by atoms with Gasteiger partial charge in [-0.25, -0.2) is 9.78 Å². The molecule has 3 rings (SSSR count). The number of phenolic OH excluding ortho intramolecular Hbond substituents is 1. The van der Waals surface area contributed by atoms with Crippen LogP contribution in [0.4, 0.5) is 0 Å². The standard InChI is InChI=1S/C19H25N5O3/c1-13(14-7-5-8-15(25)11-14)21(2)9-6-10-24-18(26)16-17(20-12-22(16)3)23(4)19(24)27/h5,7-8,11-13,25H,6,9-10H2,1-4H3. The molecular formula is C19H25N5O3. The molecule has 1 atom stereocenters. The van der Waals surface area contributed by atoms with E-state index in [1.54, 1.807) is 37.1 Å². The van der Waals surface area contributed by atoms with Gasteiger partial charge in [-0.05, 0) is 38.1 Å². The molecule has 0 aliphatic carbocycles. The van der Waals surface area contributed by atoms with Crippen molar-refractivity contribution in [1.82, 2.24) is 23.6 Å². The number of rotatable bonds is 6. The third-order valence-corrected chi connectivity index (χ3v) is 5.11. The van der Waals surface area contributed by atoms with Crippen molar-refractivity contribution >= 4 is 11.2 Å². The van der Waals surface area contributed by atoms with Crippen molar-refractivity contribution in [2.24, 2.45) is 14.1 Å². The van der Waals surface area contributed by atoms with E-state index in [4.69, 9.17) is 0 Å². The lowest BCUT2D eigenvalue weighted by molar-refractivity contribution is 0.252. The van der Waals surface area contributed by atoms with E-state index in [-0.39, 0.29) is 23.0 Å². The highest BCUT2D eigenvalue weighted by molar-refractivity contribution is 5.69. The van der Waals surface area contributed by atoms with Gasteiger partial charge in [0.25, 0.3) is 5.56 Å². The Morgan fingerprint density at radius 1 is 1.26 bits per heavy atom. The third kappa shape index (κ3) is 3.52. The molecule has 8 nitrogen and oxygen atoms in total. The summed E-state index contributed by atoms with van der Waals surface area (Å²) >= 11 is 0. The summed E-state index contributed by atoms with van der Waals surface area (Å²) in [6.07, 6.45) is 2.19. The number of hydrogen-bond acceptors (Lipinski definition) is 5. The van der Waals surface area contributed by atoms with E-state index >= 15 is 0 Å². The Hall–Kier alpha value is -2.87. The fourth-order valence-corrected chi connectivity index (χ4v) is 3.30. The smallest absolute Gasteiger partial charge is 0.332 e. The van der Waals surface area contributed by atoms with Crippen molar-refractivity contribution in [3.05, 3.63) is 57.0 Å². The lowest BCUT2D eigenvalue weighted by atomic mass is 10.1. The molecule has 144 valence electrons. The second-order valence-corrected chi connectivity index (χ2v) is 6.93. The number of benzene rings is 1. The first kappa shape index (κ1) is 18.9. The number of aromatic nitrogens is 4. The maximum atomic E-state index is 12.7. The van der Waals surface area contributed by atoms with Crippen LogP contribution in [0.1, 0.15) is 24.9 Å². The van der Waals surface area contributed by atoms with Gasteiger partial charge >= 0.3 is 5.69 Å². The molecule has 0 radical (unpaired) electrons. The predicted molar refractivity (Wildman–Crippen MR) is 104 cm³/mol. The highest BCUT2D eigenvalue weighted by Crippen LogP contribution is 2.22. The quantitative estimate of drug-likeness (QED) is 0.704. The highest BCUT2D eigenvalue weighted by Gasteiger charge is 2.16. The van der Waals surface area contributed by atoms with Gasteiger partial charge in [0.1, 0.15) is 5.75 Å². The summed E-state index contributed by atoms with van der Waals surface area (Å²) in [4.78, 5) is 31.5. The van der Waals surface area contributed by atoms with E-state index in [0.29, 0.717) is 30.7 Å². The first-order chi connectivity index (χ1) is 12.8. The SMILES string of the molecule is CC(c1cccc(O)c1)N(C)CCCn1c(=O)c2c(ncn2C)n(C)c1=O. The second-order valence-electron chi connectivity index (χ2n) is 6.93. The summed E-state index contributed by atoms with van der Waals surface area (Å²) in [7, 11) is 5.36. The number of fused-ring (bicyclic) bond motifs is 1. The lowest BCUT2D eigenvalue weighted by Crippen LogP contribution is -2.40. The minimum absolute atomic E-state index is 0.108. The summed E-state index contributed by atoms with van der Waals surface area (Å²) in [6.45, 7) is 3.10. The first-order valence-corrected chi connectivity index (χ1v) is 8.91. The molecule has 0 aliphatic rings. The lowest BCUT2D eigenvalue weighted by Gasteiger charge is -2.25. The second kappa shape index (κ2) is 7.40. The molecule has 0 bridgehead atoms. The number of aromatic hydroxyl groups is 1. The van der Waals surface area contributed by atoms with Crippen molar-refractivity contribution in [2.75, 3.05) is 13.6 Å². The van der Waals surface area contributed by atoms with E-state index in [9.17, 15) is 14.7 Å². The number of hydrogen-bond donors (Lipinski definition) is 1. The van der Waals surface area contributed by atoms with Gasteiger partial charge in [0.05, 0.1) is 6.33 Å². The molecule has 8 heteroatoms. The summed E-state index contributed by atoms with van der Waals surface area (Å²) in [5.41, 5.74) is 1.19. The first-order valence-electron chi connectivity index (χ1n) is 8.91. The molecule has 0 spiro atoms. The molecule has 0 saturated carbocycles. The summed E-state index contributed by atoms with van der Waals surface area (Å²) in [5.74, 6) is 0.243. The zero-order valence-electron chi connectivity index (χ0n) is 16.1. The van der Waals surface area contributed by atoms with Crippen LogP contribution in [0.2, 0.25) is 0 Å². The summed E-state index contributed by atoms with van der Waals surface area (Å²) < 4.78 is 4.33. The molecule has 1 unspecified atom stereocenters. The van der Waals surface area contributed by atoms with E-state index in [1.165, 1.54) is 9.13 Å². The Morgan fingerprint density at radius 3 is 2.70 bits per heavy atom. The van der Waals surface area contributed by atoms with Gasteiger partial charge in [0, 0.05) is 33.2 Å². The fraction of sp³-hybridized carbons (Fsp3) is 0.421. The normalized spacial score (nSPS) is 12.8. The Balaban J connectivity index is 1.75. The van der Waals surface area contributed by atoms with Gasteiger partial charge < -0.3 is 9.67 Å². The minimum Gasteiger partial charge on any atom is -0.508 e. The Labute approximate surface area is 156 Å². The number of nitrogens with zero attached hydrogens (tertiary/aromatic N) is 5. The molecule has 0 fully saturated rings. The molecule has 2 aromatic heterocycles. The van der Waals surface area contributed by atoms with Crippen LogP contribution in [0.15, 0.2) is 40.2 Å². The van der Waals surface area contributed by atoms with Crippen LogP contribution in [0.5, 0.6) is 5.75 Å². The van der Waals surface area contributed by atoms with Crippen LogP contribution in [0.3, 0.4) is 0 Å². The van der Waals surface area contributed by atoms with E-state index < -0.39 is 0 Å². The van der Waals surface area contributed by atoms with Gasteiger partial charge in [0.15, 0.2) is 11.2 Å². The molecule has 1 N–H and O–H groups in total. The topological polar surface area (TPSA) is 85.3 Å². The highest BCUT2D eigenvalue weighted by atomic mass is 16.3. The van der Waals surface area contributed by atoms with Crippen LogP contribution in [0, 0.1) is 0 Å². The van der Waals surface area contributed by atoms with Gasteiger partial charge in [-0.2, -0.15) is 0 Å². The fourth-order valence-electron chi connectivity index (χ4n) is 3.30. The number of phenols is 1. The van der Waals surface area contributed by atoms with E-state index in [2.05, 4.69) is 16.8 Å². The van der Waals surface area contributed by atoms with Crippen LogP contribution in [-0.4, -0.2) is 42.3 Å². The monoisotopic (exact) mass is 371 g/mol. The van der Waals surface area contributed by atoms with Crippen LogP contribution < -0.4 is 11.2 Å². The Kier molecular flexibility index (Phi) is 5.18. The zero-order valence-corrected chi connectivity index (χ0v) is 16.1. The minimum atomic E-state index is -0.352. The van der Waals surface area contributed by atoms with Gasteiger partial charge in [-0.15, -0.1) is 0 Å².